The largest absolute Gasteiger partial charge is 0.494 e. The number of carbonyl (C=O) groups excluding carboxylic acids is 1. The first-order valence-electron chi connectivity index (χ1n) is 10.9. The van der Waals surface area contributed by atoms with Gasteiger partial charge in [0.1, 0.15) is 23.9 Å². The van der Waals surface area contributed by atoms with Crippen molar-refractivity contribution in [1.82, 2.24) is 15.3 Å². The molecule has 0 saturated carbocycles. The number of rotatable bonds is 9. The van der Waals surface area contributed by atoms with Crippen molar-refractivity contribution in [1.29, 1.82) is 0 Å². The third kappa shape index (κ3) is 5.55. The molecule has 0 unspecified atom stereocenters. The lowest BCUT2D eigenvalue weighted by Crippen LogP contribution is -2.54. The highest BCUT2D eigenvalue weighted by atomic mass is 16.5. The van der Waals surface area contributed by atoms with Gasteiger partial charge in [0.05, 0.1) is 32.2 Å². The van der Waals surface area contributed by atoms with Gasteiger partial charge in [-0.25, -0.2) is 9.97 Å². The molecule has 2 heterocycles. The fourth-order valence-corrected chi connectivity index (χ4v) is 3.65. The minimum absolute atomic E-state index is 0.0478. The molecule has 2 aromatic carbocycles. The van der Waals surface area contributed by atoms with Gasteiger partial charge in [-0.05, 0) is 61.4 Å². The SMILES string of the molecule is CCOc1ccc(OC2CN(c3ccc([C@H](C)NC(=O)Cc4cncnc4)cc3)C2)cc1. The average Bonchev–Trinajstić information content (AvgIpc) is 2.78. The molecule has 7 nitrogen and oxygen atoms in total. The third-order valence-electron chi connectivity index (χ3n) is 5.40. The van der Waals surface area contributed by atoms with Crippen LogP contribution in [0.25, 0.3) is 0 Å². The second-order valence-corrected chi connectivity index (χ2v) is 7.85. The molecule has 4 rings (SSSR count). The van der Waals surface area contributed by atoms with E-state index in [1.54, 1.807) is 12.4 Å². The Morgan fingerprint density at radius 1 is 1.06 bits per heavy atom. The maximum Gasteiger partial charge on any atom is 0.225 e. The van der Waals surface area contributed by atoms with Gasteiger partial charge in [-0.1, -0.05) is 12.1 Å². The average molecular weight is 433 g/mol. The number of nitrogens with zero attached hydrogens (tertiary/aromatic N) is 3. The van der Waals surface area contributed by atoms with Crippen molar-refractivity contribution < 1.29 is 14.3 Å². The van der Waals surface area contributed by atoms with Crippen LogP contribution in [0.15, 0.2) is 67.3 Å². The molecular formula is C25H28N4O3. The Morgan fingerprint density at radius 3 is 2.38 bits per heavy atom. The summed E-state index contributed by atoms with van der Waals surface area (Å²) in [7, 11) is 0. The summed E-state index contributed by atoms with van der Waals surface area (Å²) in [4.78, 5) is 22.4. The Morgan fingerprint density at radius 2 is 1.72 bits per heavy atom. The molecule has 7 heteroatoms. The van der Waals surface area contributed by atoms with Crippen molar-refractivity contribution in [2.24, 2.45) is 0 Å². The summed E-state index contributed by atoms with van der Waals surface area (Å²) in [5.74, 6) is 1.67. The van der Waals surface area contributed by atoms with Crippen LogP contribution in [0.1, 0.15) is 31.0 Å². The van der Waals surface area contributed by atoms with Crippen LogP contribution in [0.5, 0.6) is 11.5 Å². The van der Waals surface area contributed by atoms with E-state index in [0.29, 0.717) is 6.61 Å². The second kappa shape index (κ2) is 10.1. The summed E-state index contributed by atoms with van der Waals surface area (Å²) in [6.45, 7) is 6.30. The number of carbonyl (C=O) groups is 1. The van der Waals surface area contributed by atoms with Crippen LogP contribution in [0.2, 0.25) is 0 Å². The van der Waals surface area contributed by atoms with E-state index in [0.717, 1.165) is 41.4 Å². The molecule has 1 aromatic heterocycles. The quantitative estimate of drug-likeness (QED) is 0.557. The minimum atomic E-state index is -0.0756. The maximum atomic E-state index is 12.3. The second-order valence-electron chi connectivity index (χ2n) is 7.85. The lowest BCUT2D eigenvalue weighted by atomic mass is 10.1. The monoisotopic (exact) mass is 432 g/mol. The lowest BCUT2D eigenvalue weighted by molar-refractivity contribution is -0.121. The number of hydrogen-bond donors (Lipinski definition) is 1. The van der Waals surface area contributed by atoms with Gasteiger partial charge in [-0.3, -0.25) is 4.79 Å². The van der Waals surface area contributed by atoms with Crippen molar-refractivity contribution in [2.75, 3.05) is 24.6 Å². The van der Waals surface area contributed by atoms with Crippen LogP contribution in [-0.4, -0.2) is 41.7 Å². The zero-order chi connectivity index (χ0) is 22.3. The van der Waals surface area contributed by atoms with E-state index in [-0.39, 0.29) is 24.5 Å². The van der Waals surface area contributed by atoms with E-state index in [4.69, 9.17) is 9.47 Å². The summed E-state index contributed by atoms with van der Waals surface area (Å²) in [6.07, 6.45) is 5.22. The Hall–Kier alpha value is -3.61. The predicted octanol–water partition coefficient (Wildman–Crippen LogP) is 3.56. The highest BCUT2D eigenvalue weighted by molar-refractivity contribution is 5.78. The first-order chi connectivity index (χ1) is 15.6. The van der Waals surface area contributed by atoms with Crippen LogP contribution in [0.3, 0.4) is 0 Å². The van der Waals surface area contributed by atoms with Crippen LogP contribution in [0, 0.1) is 0 Å². The summed E-state index contributed by atoms with van der Waals surface area (Å²) in [5, 5.41) is 3.03. The first kappa shape index (κ1) is 21.6. The van der Waals surface area contributed by atoms with Crippen molar-refractivity contribution in [2.45, 2.75) is 32.4 Å². The molecule has 1 atom stereocenters. The highest BCUT2D eigenvalue weighted by Gasteiger charge is 2.28. The highest BCUT2D eigenvalue weighted by Crippen LogP contribution is 2.26. The fourth-order valence-electron chi connectivity index (χ4n) is 3.65. The molecule has 1 aliphatic rings. The Bertz CT molecular complexity index is 1000. The molecule has 0 bridgehead atoms. The number of hydrogen-bond acceptors (Lipinski definition) is 6. The molecule has 0 aliphatic carbocycles. The van der Waals surface area contributed by atoms with Gasteiger partial charge in [-0.15, -0.1) is 0 Å². The van der Waals surface area contributed by atoms with E-state index in [9.17, 15) is 4.79 Å². The van der Waals surface area contributed by atoms with Crippen LogP contribution in [0.4, 0.5) is 5.69 Å². The van der Waals surface area contributed by atoms with Crippen LogP contribution >= 0.6 is 0 Å². The van der Waals surface area contributed by atoms with Gasteiger partial charge in [0.25, 0.3) is 0 Å². The van der Waals surface area contributed by atoms with Gasteiger partial charge in [0, 0.05) is 18.1 Å². The molecule has 1 saturated heterocycles. The zero-order valence-electron chi connectivity index (χ0n) is 18.4. The predicted molar refractivity (Wildman–Crippen MR) is 123 cm³/mol. The number of nitrogens with one attached hydrogen (secondary N) is 1. The third-order valence-corrected chi connectivity index (χ3v) is 5.40. The summed E-state index contributed by atoms with van der Waals surface area (Å²) >= 11 is 0. The number of anilines is 1. The van der Waals surface area contributed by atoms with Crippen molar-refractivity contribution in [3.8, 4) is 11.5 Å². The molecule has 1 N–H and O–H groups in total. The smallest absolute Gasteiger partial charge is 0.225 e. The standard InChI is InChI=1S/C25H28N4O3/c1-3-31-22-8-10-23(11-9-22)32-24-15-29(16-24)21-6-4-20(5-7-21)18(2)28-25(30)12-19-13-26-17-27-14-19/h4-11,13-14,17-18,24H,3,12,15-16H2,1-2H3,(H,28,30)/t18-/m0/s1. The zero-order valence-corrected chi connectivity index (χ0v) is 18.4. The maximum absolute atomic E-state index is 12.3. The fraction of sp³-hybridized carbons (Fsp3) is 0.320. The number of ether oxygens (including phenoxy) is 2. The van der Waals surface area contributed by atoms with Gasteiger partial charge in [0.2, 0.25) is 5.91 Å². The van der Waals surface area contributed by atoms with E-state index in [1.807, 2.05) is 38.1 Å². The lowest BCUT2D eigenvalue weighted by Gasteiger charge is -2.40. The molecule has 0 spiro atoms. The topological polar surface area (TPSA) is 76.6 Å². The van der Waals surface area contributed by atoms with E-state index < -0.39 is 0 Å². The molecule has 0 radical (unpaired) electrons. The number of amides is 1. The summed E-state index contributed by atoms with van der Waals surface area (Å²) in [5.41, 5.74) is 3.02. The van der Waals surface area contributed by atoms with Crippen molar-refractivity contribution >= 4 is 11.6 Å². The van der Waals surface area contributed by atoms with E-state index in [2.05, 4.69) is 44.5 Å². The van der Waals surface area contributed by atoms with Gasteiger partial charge in [0.15, 0.2) is 0 Å². The van der Waals surface area contributed by atoms with Crippen molar-refractivity contribution in [3.63, 3.8) is 0 Å². The molecule has 3 aromatic rings. The van der Waals surface area contributed by atoms with Gasteiger partial charge < -0.3 is 19.7 Å². The summed E-state index contributed by atoms with van der Waals surface area (Å²) < 4.78 is 11.5. The first-order valence-corrected chi connectivity index (χ1v) is 10.9. The Labute approximate surface area is 188 Å². The molecular weight excluding hydrogens is 404 g/mol. The summed E-state index contributed by atoms with van der Waals surface area (Å²) in [6, 6.07) is 16.0. The van der Waals surface area contributed by atoms with Crippen molar-refractivity contribution in [3.05, 3.63) is 78.4 Å². The van der Waals surface area contributed by atoms with Crippen LogP contribution in [-0.2, 0) is 11.2 Å². The Balaban J connectivity index is 1.24. The molecule has 32 heavy (non-hydrogen) atoms. The normalized spacial score (nSPS) is 14.4. The molecule has 166 valence electrons. The van der Waals surface area contributed by atoms with E-state index >= 15 is 0 Å². The number of benzene rings is 2. The van der Waals surface area contributed by atoms with Gasteiger partial charge >= 0.3 is 0 Å². The molecule has 1 aliphatic heterocycles. The molecule has 1 amide bonds. The van der Waals surface area contributed by atoms with Gasteiger partial charge in [-0.2, -0.15) is 0 Å². The number of aromatic nitrogens is 2. The Kier molecular flexibility index (Phi) is 6.84. The van der Waals surface area contributed by atoms with Crippen LogP contribution < -0.4 is 19.7 Å². The minimum Gasteiger partial charge on any atom is -0.494 e. The molecule has 1 fully saturated rings. The van der Waals surface area contributed by atoms with E-state index in [1.165, 1.54) is 6.33 Å².